The second kappa shape index (κ2) is 7.43. The number of rotatable bonds is 4. The smallest absolute Gasteiger partial charge is 0.379 e. The minimum Gasteiger partial charge on any atom is -0.457 e. The Morgan fingerprint density at radius 3 is 2.52 bits per heavy atom. The van der Waals surface area contributed by atoms with Gasteiger partial charge in [-0.2, -0.15) is 0 Å². The van der Waals surface area contributed by atoms with E-state index in [1.807, 2.05) is 24.3 Å². The largest absolute Gasteiger partial charge is 0.457 e. The quantitative estimate of drug-likeness (QED) is 0.333. The molecule has 1 aromatic heterocycles. The summed E-state index contributed by atoms with van der Waals surface area (Å²) in [5, 5.41) is 0. The van der Waals surface area contributed by atoms with Crippen molar-refractivity contribution < 1.29 is 23.5 Å². The third-order valence-electron chi connectivity index (χ3n) is 4.78. The van der Waals surface area contributed by atoms with Crippen LogP contribution in [0.5, 0.6) is 11.5 Å². The fraction of sp³-hybridized carbons (Fsp3) is 0.167. The molecule has 1 aliphatic heterocycles. The van der Waals surface area contributed by atoms with Crippen molar-refractivity contribution in [1.82, 2.24) is 0 Å². The van der Waals surface area contributed by atoms with Gasteiger partial charge in [-0.3, -0.25) is 4.79 Å². The summed E-state index contributed by atoms with van der Waals surface area (Å²) in [5.74, 6) is 0.657. The van der Waals surface area contributed by atoms with Gasteiger partial charge in [0.25, 0.3) is 0 Å². The molecular weight excluding hydrogens is 368 g/mol. The lowest BCUT2D eigenvalue weighted by atomic mass is 10.0. The number of carbonyl (C=O) groups excluding carboxylic acids is 2. The SMILES string of the molecule is Cc1cc(OC(=O)c2ccco2)cc2c1C(=O)/C(=C/c1ccc(C(C)C)cc1)O2. The molecular formula is C24H20O5. The first-order valence-electron chi connectivity index (χ1n) is 9.37. The van der Waals surface area contributed by atoms with Crippen molar-refractivity contribution in [2.45, 2.75) is 26.7 Å². The van der Waals surface area contributed by atoms with E-state index in [0.29, 0.717) is 22.8 Å². The first kappa shape index (κ1) is 18.7. The predicted molar refractivity (Wildman–Crippen MR) is 108 cm³/mol. The summed E-state index contributed by atoms with van der Waals surface area (Å²) in [6, 6.07) is 14.3. The maximum Gasteiger partial charge on any atom is 0.379 e. The average Bonchev–Trinajstić information content (AvgIpc) is 3.31. The van der Waals surface area contributed by atoms with E-state index in [1.54, 1.807) is 31.2 Å². The van der Waals surface area contributed by atoms with Gasteiger partial charge in [-0.05, 0) is 53.8 Å². The number of fused-ring (bicyclic) bond motifs is 1. The van der Waals surface area contributed by atoms with E-state index < -0.39 is 5.97 Å². The fourth-order valence-corrected chi connectivity index (χ4v) is 3.22. The maximum absolute atomic E-state index is 12.8. The number of aryl methyl sites for hydroxylation is 1. The standard InChI is InChI=1S/C24H20O5/c1-14(2)17-8-6-16(7-9-17)12-21-23(25)22-15(3)11-18(13-20(22)29-21)28-24(26)19-5-4-10-27-19/h4-14H,1-3H3/b21-12-. The van der Waals surface area contributed by atoms with E-state index in [0.717, 1.165) is 5.56 Å². The summed E-state index contributed by atoms with van der Waals surface area (Å²) < 4.78 is 16.2. The van der Waals surface area contributed by atoms with Crippen molar-refractivity contribution in [1.29, 1.82) is 0 Å². The highest BCUT2D eigenvalue weighted by Gasteiger charge is 2.30. The molecule has 0 N–H and O–H groups in total. The highest BCUT2D eigenvalue weighted by Crippen LogP contribution is 2.37. The Morgan fingerprint density at radius 2 is 1.86 bits per heavy atom. The summed E-state index contributed by atoms with van der Waals surface area (Å²) in [4.78, 5) is 24.9. The molecule has 146 valence electrons. The zero-order valence-corrected chi connectivity index (χ0v) is 16.4. The second-order valence-corrected chi connectivity index (χ2v) is 7.24. The number of esters is 1. The molecule has 0 spiro atoms. The molecule has 4 rings (SSSR count). The van der Waals surface area contributed by atoms with Crippen LogP contribution >= 0.6 is 0 Å². The molecule has 5 nitrogen and oxygen atoms in total. The number of hydrogen-bond acceptors (Lipinski definition) is 5. The number of ketones is 1. The average molecular weight is 388 g/mol. The van der Waals surface area contributed by atoms with Crippen LogP contribution < -0.4 is 9.47 Å². The molecule has 0 aliphatic carbocycles. The third-order valence-corrected chi connectivity index (χ3v) is 4.78. The van der Waals surface area contributed by atoms with E-state index >= 15 is 0 Å². The molecule has 0 unspecified atom stereocenters. The summed E-state index contributed by atoms with van der Waals surface area (Å²) in [6.45, 7) is 6.05. The molecule has 3 aromatic rings. The fourth-order valence-electron chi connectivity index (χ4n) is 3.22. The van der Waals surface area contributed by atoms with Gasteiger partial charge in [-0.25, -0.2) is 4.79 Å². The van der Waals surface area contributed by atoms with Gasteiger partial charge in [0.15, 0.2) is 5.76 Å². The zero-order valence-electron chi connectivity index (χ0n) is 16.4. The summed E-state index contributed by atoms with van der Waals surface area (Å²) in [6.07, 6.45) is 3.12. The van der Waals surface area contributed by atoms with Gasteiger partial charge in [0.2, 0.25) is 11.5 Å². The van der Waals surface area contributed by atoms with Crippen LogP contribution in [0.25, 0.3) is 6.08 Å². The van der Waals surface area contributed by atoms with E-state index in [2.05, 4.69) is 13.8 Å². The Balaban J connectivity index is 1.59. The Bertz CT molecular complexity index is 1100. The van der Waals surface area contributed by atoms with Crippen molar-refractivity contribution in [2.75, 3.05) is 0 Å². The number of furan rings is 1. The molecule has 0 fully saturated rings. The van der Waals surface area contributed by atoms with Crippen LogP contribution in [0, 0.1) is 6.92 Å². The Labute approximate surface area is 168 Å². The summed E-state index contributed by atoms with van der Waals surface area (Å²) in [5.41, 5.74) is 3.27. The highest BCUT2D eigenvalue weighted by molar-refractivity contribution is 6.15. The number of ether oxygens (including phenoxy) is 2. The first-order valence-corrected chi connectivity index (χ1v) is 9.37. The van der Waals surface area contributed by atoms with E-state index in [-0.39, 0.29) is 23.1 Å². The Kier molecular flexibility index (Phi) is 4.80. The lowest BCUT2D eigenvalue weighted by molar-refractivity contribution is 0.0701. The van der Waals surface area contributed by atoms with Gasteiger partial charge >= 0.3 is 5.97 Å². The molecule has 0 radical (unpaired) electrons. The van der Waals surface area contributed by atoms with Gasteiger partial charge in [-0.1, -0.05) is 38.1 Å². The van der Waals surface area contributed by atoms with Crippen LogP contribution in [0.3, 0.4) is 0 Å². The van der Waals surface area contributed by atoms with Gasteiger partial charge < -0.3 is 13.9 Å². The van der Waals surface area contributed by atoms with Crippen molar-refractivity contribution in [2.24, 2.45) is 0 Å². The van der Waals surface area contributed by atoms with Crippen LogP contribution in [0.2, 0.25) is 0 Å². The maximum atomic E-state index is 12.8. The lowest BCUT2D eigenvalue weighted by Gasteiger charge is -2.06. The van der Waals surface area contributed by atoms with Gasteiger partial charge in [0.1, 0.15) is 11.5 Å². The molecule has 0 bridgehead atoms. The number of Topliss-reactive ketones (excluding diaryl/α,β-unsaturated/α-hetero) is 1. The van der Waals surface area contributed by atoms with Gasteiger partial charge in [0, 0.05) is 6.07 Å². The minimum atomic E-state index is -0.611. The van der Waals surface area contributed by atoms with Crippen molar-refractivity contribution >= 4 is 17.8 Å². The van der Waals surface area contributed by atoms with E-state index in [9.17, 15) is 9.59 Å². The Hall–Kier alpha value is -3.60. The molecule has 0 saturated heterocycles. The molecule has 5 heteroatoms. The number of allylic oxidation sites excluding steroid dienone is 1. The topological polar surface area (TPSA) is 65.7 Å². The molecule has 2 heterocycles. The van der Waals surface area contributed by atoms with Crippen molar-refractivity contribution in [3.8, 4) is 11.5 Å². The van der Waals surface area contributed by atoms with Gasteiger partial charge in [-0.15, -0.1) is 0 Å². The normalized spacial score (nSPS) is 14.2. The highest BCUT2D eigenvalue weighted by atomic mass is 16.5. The van der Waals surface area contributed by atoms with Crippen LogP contribution in [0.4, 0.5) is 0 Å². The zero-order chi connectivity index (χ0) is 20.5. The minimum absolute atomic E-state index is 0.102. The molecule has 0 atom stereocenters. The Morgan fingerprint density at radius 1 is 1.10 bits per heavy atom. The van der Waals surface area contributed by atoms with Crippen molar-refractivity contribution in [3.05, 3.63) is 88.6 Å². The van der Waals surface area contributed by atoms with Crippen molar-refractivity contribution in [3.63, 3.8) is 0 Å². The summed E-state index contributed by atoms with van der Waals surface area (Å²) in [7, 11) is 0. The lowest BCUT2D eigenvalue weighted by Crippen LogP contribution is -2.07. The van der Waals surface area contributed by atoms with E-state index in [1.165, 1.54) is 17.9 Å². The molecule has 1 aliphatic rings. The number of carbonyl (C=O) groups is 2. The molecule has 2 aromatic carbocycles. The monoisotopic (exact) mass is 388 g/mol. The van der Waals surface area contributed by atoms with Crippen LogP contribution in [0.15, 0.2) is 65.0 Å². The second-order valence-electron chi connectivity index (χ2n) is 7.24. The molecule has 29 heavy (non-hydrogen) atoms. The summed E-state index contributed by atoms with van der Waals surface area (Å²) >= 11 is 0. The number of benzene rings is 2. The third kappa shape index (κ3) is 3.72. The first-order chi connectivity index (χ1) is 13.9. The van der Waals surface area contributed by atoms with E-state index in [4.69, 9.17) is 13.9 Å². The molecule has 0 amide bonds. The van der Waals surface area contributed by atoms with Crippen LogP contribution in [-0.4, -0.2) is 11.8 Å². The molecule has 0 saturated carbocycles. The van der Waals surface area contributed by atoms with Crippen LogP contribution in [-0.2, 0) is 0 Å². The number of hydrogen-bond donors (Lipinski definition) is 0. The van der Waals surface area contributed by atoms with Gasteiger partial charge in [0.05, 0.1) is 11.8 Å². The van der Waals surface area contributed by atoms with Crippen LogP contribution in [0.1, 0.15) is 57.4 Å². The predicted octanol–water partition coefficient (Wildman–Crippen LogP) is 5.55.